The fraction of sp³-hybridized carbons (Fsp3) is 0.770. The van der Waals surface area contributed by atoms with E-state index in [1.54, 1.807) is 0 Å². The third kappa shape index (κ3) is 65.4. The molecule has 0 amide bonds. The summed E-state index contributed by atoms with van der Waals surface area (Å²) in [5, 5.41) is 0. The summed E-state index contributed by atoms with van der Waals surface area (Å²) >= 11 is 0. The largest absolute Gasteiger partial charge is 0.462 e. The first-order valence-corrected chi connectivity index (χ1v) is 34.6. The van der Waals surface area contributed by atoms with Crippen LogP contribution in [0.3, 0.4) is 0 Å². The zero-order chi connectivity index (χ0) is 57.8. The van der Waals surface area contributed by atoms with Crippen molar-refractivity contribution in [3.05, 3.63) is 85.1 Å². The molecule has 462 valence electrons. The van der Waals surface area contributed by atoms with Crippen LogP contribution in [0.5, 0.6) is 0 Å². The van der Waals surface area contributed by atoms with Crippen LogP contribution in [0.4, 0.5) is 0 Å². The SMILES string of the molecule is CC/C=C\C/C=C\C/C=C\C/C=C\C/C=C\CCCCCCCCCCCCCCCC(=O)OCC(COC(=O)CCCCCCCCCCCCCCCCCC)OC(=O)CCCCCCCCC/C=C\C/C=C\CCCCC. The summed E-state index contributed by atoms with van der Waals surface area (Å²) in [4.78, 5) is 38.4. The van der Waals surface area contributed by atoms with Crippen molar-refractivity contribution in [2.75, 3.05) is 13.2 Å². The van der Waals surface area contributed by atoms with Gasteiger partial charge in [-0.25, -0.2) is 0 Å². The van der Waals surface area contributed by atoms with Crippen LogP contribution in [0, 0.1) is 0 Å². The maximum absolute atomic E-state index is 12.9. The van der Waals surface area contributed by atoms with Gasteiger partial charge in [0.25, 0.3) is 0 Å². The molecule has 0 saturated carbocycles. The highest BCUT2D eigenvalue weighted by Crippen LogP contribution is 2.17. The summed E-state index contributed by atoms with van der Waals surface area (Å²) in [6.07, 6.45) is 90.3. The van der Waals surface area contributed by atoms with Gasteiger partial charge in [-0.05, 0) is 96.3 Å². The zero-order valence-corrected chi connectivity index (χ0v) is 53.1. The van der Waals surface area contributed by atoms with E-state index in [9.17, 15) is 14.4 Å². The van der Waals surface area contributed by atoms with Gasteiger partial charge >= 0.3 is 17.9 Å². The minimum absolute atomic E-state index is 0.0753. The maximum atomic E-state index is 12.9. The number of hydrogen-bond acceptors (Lipinski definition) is 6. The molecule has 0 bridgehead atoms. The highest BCUT2D eigenvalue weighted by atomic mass is 16.6. The fourth-order valence-electron chi connectivity index (χ4n) is 9.97. The lowest BCUT2D eigenvalue weighted by molar-refractivity contribution is -0.167. The van der Waals surface area contributed by atoms with Crippen LogP contribution in [0.1, 0.15) is 348 Å². The van der Waals surface area contributed by atoms with Gasteiger partial charge in [-0.1, -0.05) is 318 Å². The smallest absolute Gasteiger partial charge is 0.306 e. The summed E-state index contributed by atoms with van der Waals surface area (Å²) in [6.45, 7) is 6.54. The molecule has 80 heavy (non-hydrogen) atoms. The van der Waals surface area contributed by atoms with Gasteiger partial charge in [0.05, 0.1) is 0 Å². The first-order valence-electron chi connectivity index (χ1n) is 34.6. The number of hydrogen-bond donors (Lipinski definition) is 0. The molecular formula is C74H130O6. The molecule has 1 unspecified atom stereocenters. The summed E-state index contributed by atoms with van der Waals surface area (Å²) < 4.78 is 17.0. The first kappa shape index (κ1) is 76.6. The van der Waals surface area contributed by atoms with Crippen molar-refractivity contribution < 1.29 is 28.6 Å². The van der Waals surface area contributed by atoms with E-state index in [1.165, 1.54) is 205 Å². The molecule has 0 saturated heterocycles. The third-order valence-corrected chi connectivity index (χ3v) is 15.1. The van der Waals surface area contributed by atoms with Gasteiger partial charge in [0, 0.05) is 19.3 Å². The number of rotatable bonds is 63. The zero-order valence-electron chi connectivity index (χ0n) is 53.1. The Morgan fingerprint density at radius 2 is 0.487 bits per heavy atom. The van der Waals surface area contributed by atoms with Gasteiger partial charge < -0.3 is 14.2 Å². The van der Waals surface area contributed by atoms with Crippen molar-refractivity contribution in [3.8, 4) is 0 Å². The summed E-state index contributed by atoms with van der Waals surface area (Å²) in [5.41, 5.74) is 0. The molecule has 0 fully saturated rings. The van der Waals surface area contributed by atoms with Crippen molar-refractivity contribution in [2.24, 2.45) is 0 Å². The lowest BCUT2D eigenvalue weighted by Crippen LogP contribution is -2.30. The molecule has 0 aliphatic rings. The molecule has 0 radical (unpaired) electrons. The van der Waals surface area contributed by atoms with E-state index in [2.05, 4.69) is 106 Å². The predicted octanol–water partition coefficient (Wildman–Crippen LogP) is 23.8. The van der Waals surface area contributed by atoms with Gasteiger partial charge in [0.2, 0.25) is 0 Å². The van der Waals surface area contributed by atoms with E-state index in [-0.39, 0.29) is 31.1 Å². The number of unbranched alkanes of at least 4 members (excludes halogenated alkanes) is 38. The lowest BCUT2D eigenvalue weighted by atomic mass is 10.0. The molecule has 0 aliphatic carbocycles. The Bertz CT molecular complexity index is 1520. The molecule has 0 spiro atoms. The Morgan fingerprint density at radius 3 is 0.787 bits per heavy atom. The molecule has 0 aliphatic heterocycles. The second kappa shape index (κ2) is 68.1. The Hall–Kier alpha value is -3.41. The Balaban J connectivity index is 4.28. The normalized spacial score (nSPS) is 12.6. The average Bonchev–Trinajstić information content (AvgIpc) is 3.46. The van der Waals surface area contributed by atoms with Crippen molar-refractivity contribution in [1.82, 2.24) is 0 Å². The van der Waals surface area contributed by atoms with E-state index in [1.807, 2.05) is 0 Å². The minimum atomic E-state index is -0.780. The Labute approximate surface area is 496 Å². The molecular weight excluding hydrogens is 985 g/mol. The van der Waals surface area contributed by atoms with E-state index in [4.69, 9.17) is 14.2 Å². The van der Waals surface area contributed by atoms with Crippen LogP contribution in [0.2, 0.25) is 0 Å². The van der Waals surface area contributed by atoms with Crippen molar-refractivity contribution in [3.63, 3.8) is 0 Å². The second-order valence-corrected chi connectivity index (χ2v) is 23.1. The number of carbonyl (C=O) groups excluding carboxylic acids is 3. The van der Waals surface area contributed by atoms with Gasteiger partial charge in [0.1, 0.15) is 13.2 Å². The van der Waals surface area contributed by atoms with Crippen LogP contribution in [-0.2, 0) is 28.6 Å². The van der Waals surface area contributed by atoms with Crippen LogP contribution in [-0.4, -0.2) is 37.2 Å². The molecule has 0 N–H and O–H groups in total. The second-order valence-electron chi connectivity index (χ2n) is 23.1. The van der Waals surface area contributed by atoms with E-state index in [0.717, 1.165) is 103 Å². The average molecular weight is 1120 g/mol. The van der Waals surface area contributed by atoms with Crippen LogP contribution in [0.15, 0.2) is 85.1 Å². The Kier molecular flexibility index (Phi) is 65.2. The molecule has 0 aromatic heterocycles. The summed E-state index contributed by atoms with van der Waals surface area (Å²) in [7, 11) is 0. The lowest BCUT2D eigenvalue weighted by Gasteiger charge is -2.18. The van der Waals surface area contributed by atoms with Gasteiger partial charge in [-0.2, -0.15) is 0 Å². The van der Waals surface area contributed by atoms with Crippen molar-refractivity contribution >= 4 is 17.9 Å². The topological polar surface area (TPSA) is 78.9 Å². The van der Waals surface area contributed by atoms with Gasteiger partial charge in [-0.15, -0.1) is 0 Å². The molecule has 0 heterocycles. The standard InChI is InChI=1S/C74H130O6/c1-4-7-10-13-16-19-22-25-28-31-32-33-34-35-36-37-38-39-40-41-42-44-46-49-52-55-58-61-64-67-73(76)79-70-71(69-78-72(75)66-63-60-57-54-51-48-45-30-27-24-21-18-15-12-9-6-3)80-74(77)68-65-62-59-56-53-50-47-43-29-26-23-20-17-14-11-8-5-2/h7,10,16-17,19-20,25-26,28-29,32-33,35-36,71H,4-6,8-9,11-15,18,21-24,27,30-31,34,37-70H2,1-3H3/b10-7-,19-16-,20-17-,28-25-,29-26-,33-32-,36-35-. The molecule has 0 aromatic rings. The first-order chi connectivity index (χ1) is 39.5. The van der Waals surface area contributed by atoms with Crippen LogP contribution >= 0.6 is 0 Å². The molecule has 6 nitrogen and oxygen atoms in total. The number of ether oxygens (including phenoxy) is 3. The molecule has 0 rings (SSSR count). The highest BCUT2D eigenvalue weighted by Gasteiger charge is 2.19. The van der Waals surface area contributed by atoms with Crippen LogP contribution < -0.4 is 0 Å². The number of carbonyl (C=O) groups is 3. The quantitative estimate of drug-likeness (QED) is 0.0261. The maximum Gasteiger partial charge on any atom is 0.306 e. The number of esters is 3. The fourth-order valence-corrected chi connectivity index (χ4v) is 9.97. The van der Waals surface area contributed by atoms with Gasteiger partial charge in [-0.3, -0.25) is 14.4 Å². The third-order valence-electron chi connectivity index (χ3n) is 15.1. The van der Waals surface area contributed by atoms with E-state index < -0.39 is 6.10 Å². The van der Waals surface area contributed by atoms with E-state index in [0.29, 0.717) is 19.3 Å². The molecule has 6 heteroatoms. The number of allylic oxidation sites excluding steroid dienone is 14. The molecule has 0 aromatic carbocycles. The Morgan fingerprint density at radius 1 is 0.263 bits per heavy atom. The van der Waals surface area contributed by atoms with E-state index >= 15 is 0 Å². The summed E-state index contributed by atoms with van der Waals surface area (Å²) in [5.74, 6) is -0.865. The van der Waals surface area contributed by atoms with Crippen molar-refractivity contribution in [1.29, 1.82) is 0 Å². The van der Waals surface area contributed by atoms with Crippen molar-refractivity contribution in [2.45, 2.75) is 354 Å². The monoisotopic (exact) mass is 1110 g/mol. The summed E-state index contributed by atoms with van der Waals surface area (Å²) in [6, 6.07) is 0. The van der Waals surface area contributed by atoms with Crippen LogP contribution in [0.25, 0.3) is 0 Å². The van der Waals surface area contributed by atoms with Gasteiger partial charge in [0.15, 0.2) is 6.10 Å². The minimum Gasteiger partial charge on any atom is -0.462 e. The molecule has 1 atom stereocenters. The highest BCUT2D eigenvalue weighted by molar-refractivity contribution is 5.71. The predicted molar refractivity (Wildman–Crippen MR) is 348 cm³/mol.